The Morgan fingerprint density at radius 2 is 1.83 bits per heavy atom. The van der Waals surface area contributed by atoms with Gasteiger partial charge in [-0.25, -0.2) is 0 Å². The van der Waals surface area contributed by atoms with E-state index in [-0.39, 0.29) is 6.04 Å². The average Bonchev–Trinajstić information content (AvgIpc) is 2.38. The zero-order chi connectivity index (χ0) is 13.1. The van der Waals surface area contributed by atoms with Gasteiger partial charge in [0.2, 0.25) is 0 Å². The van der Waals surface area contributed by atoms with Crippen molar-refractivity contribution in [1.29, 1.82) is 0 Å². The van der Waals surface area contributed by atoms with Crippen LogP contribution in [0.15, 0.2) is 30.3 Å². The average molecular weight is 241 g/mol. The van der Waals surface area contributed by atoms with E-state index in [1.165, 1.54) is 5.56 Å². The van der Waals surface area contributed by atoms with Crippen molar-refractivity contribution in [1.82, 2.24) is 10.2 Å². The van der Waals surface area contributed by atoms with E-state index in [0.29, 0.717) is 0 Å². The molecule has 2 aromatic rings. The molecule has 2 rings (SSSR count). The maximum absolute atomic E-state index is 6.39. The third kappa shape index (κ3) is 2.41. The molecule has 2 N–H and O–H groups in total. The van der Waals surface area contributed by atoms with E-state index in [0.717, 1.165) is 28.9 Å². The fourth-order valence-electron chi connectivity index (χ4n) is 2.18. The molecule has 0 bridgehead atoms. The first-order chi connectivity index (χ1) is 8.63. The lowest BCUT2D eigenvalue weighted by Gasteiger charge is -2.17. The molecule has 1 unspecified atom stereocenters. The lowest BCUT2D eigenvalue weighted by molar-refractivity contribution is 0.786. The highest BCUT2D eigenvalue weighted by molar-refractivity contribution is 5.38. The zero-order valence-electron chi connectivity index (χ0n) is 11.1. The van der Waals surface area contributed by atoms with Crippen LogP contribution in [0.4, 0.5) is 0 Å². The van der Waals surface area contributed by atoms with Crippen molar-refractivity contribution in [2.75, 3.05) is 0 Å². The third-order valence-corrected chi connectivity index (χ3v) is 3.22. The number of nitrogens with two attached hydrogens (primary N) is 1. The molecule has 3 nitrogen and oxygen atoms in total. The molecule has 0 aliphatic heterocycles. The number of nitrogens with zero attached hydrogens (tertiary/aromatic N) is 2. The number of aryl methyl sites for hydroxylation is 3. The maximum Gasteiger partial charge on any atom is 0.0679 e. The highest BCUT2D eigenvalue weighted by Crippen LogP contribution is 2.24. The molecular formula is C15H19N3. The van der Waals surface area contributed by atoms with Crippen LogP contribution in [0, 0.1) is 13.8 Å². The summed E-state index contributed by atoms with van der Waals surface area (Å²) in [5.41, 5.74) is 11.7. The van der Waals surface area contributed by atoms with Crippen LogP contribution in [0.5, 0.6) is 0 Å². The van der Waals surface area contributed by atoms with Crippen molar-refractivity contribution in [3.8, 4) is 0 Å². The fraction of sp³-hybridized carbons (Fsp3) is 0.333. The Kier molecular flexibility index (Phi) is 3.72. The first-order valence-electron chi connectivity index (χ1n) is 6.27. The quantitative estimate of drug-likeness (QED) is 0.899. The highest BCUT2D eigenvalue weighted by atomic mass is 15.1. The molecule has 0 amide bonds. The van der Waals surface area contributed by atoms with Crippen molar-refractivity contribution < 1.29 is 0 Å². The molecule has 1 heterocycles. The summed E-state index contributed by atoms with van der Waals surface area (Å²) in [6, 6.07) is 10.1. The molecule has 0 saturated carbocycles. The molecular weight excluding hydrogens is 222 g/mol. The standard InChI is InChI=1S/C15H19N3/c1-4-14-13(9-11(3)17-18-14)15(16)12-8-6-5-7-10(12)2/h5-9,15H,4,16H2,1-3H3. The second kappa shape index (κ2) is 5.27. The summed E-state index contributed by atoms with van der Waals surface area (Å²) in [4.78, 5) is 0. The van der Waals surface area contributed by atoms with Gasteiger partial charge in [0.05, 0.1) is 17.4 Å². The minimum Gasteiger partial charge on any atom is -0.320 e. The molecule has 18 heavy (non-hydrogen) atoms. The van der Waals surface area contributed by atoms with Gasteiger partial charge in [-0.05, 0) is 43.0 Å². The Morgan fingerprint density at radius 1 is 1.11 bits per heavy atom. The van der Waals surface area contributed by atoms with Crippen molar-refractivity contribution in [2.24, 2.45) is 5.73 Å². The van der Waals surface area contributed by atoms with Gasteiger partial charge in [0.15, 0.2) is 0 Å². The van der Waals surface area contributed by atoms with Gasteiger partial charge in [0.25, 0.3) is 0 Å². The van der Waals surface area contributed by atoms with E-state index in [1.807, 2.05) is 25.1 Å². The molecule has 3 heteroatoms. The molecule has 1 aromatic heterocycles. The first-order valence-corrected chi connectivity index (χ1v) is 6.27. The second-order valence-electron chi connectivity index (χ2n) is 4.58. The molecule has 0 radical (unpaired) electrons. The lowest BCUT2D eigenvalue weighted by atomic mass is 9.94. The molecule has 94 valence electrons. The Hall–Kier alpha value is -1.74. The molecule has 1 aromatic carbocycles. The minimum atomic E-state index is -0.129. The SMILES string of the molecule is CCc1nnc(C)cc1C(N)c1ccccc1C. The van der Waals surface area contributed by atoms with Gasteiger partial charge in [0.1, 0.15) is 0 Å². The number of aromatic nitrogens is 2. The van der Waals surface area contributed by atoms with E-state index in [9.17, 15) is 0 Å². The molecule has 0 aliphatic carbocycles. The van der Waals surface area contributed by atoms with E-state index in [2.05, 4.69) is 36.2 Å². The highest BCUT2D eigenvalue weighted by Gasteiger charge is 2.15. The predicted molar refractivity (Wildman–Crippen MR) is 73.4 cm³/mol. The van der Waals surface area contributed by atoms with Crippen LogP contribution in [0.2, 0.25) is 0 Å². The van der Waals surface area contributed by atoms with Crippen molar-refractivity contribution in [3.05, 3.63) is 58.4 Å². The number of hydrogen-bond donors (Lipinski definition) is 1. The minimum absolute atomic E-state index is 0.129. The van der Waals surface area contributed by atoms with E-state index < -0.39 is 0 Å². The second-order valence-corrected chi connectivity index (χ2v) is 4.58. The van der Waals surface area contributed by atoms with E-state index in [4.69, 9.17) is 5.73 Å². The van der Waals surface area contributed by atoms with Crippen molar-refractivity contribution >= 4 is 0 Å². The van der Waals surface area contributed by atoms with Gasteiger partial charge in [-0.2, -0.15) is 10.2 Å². The number of rotatable bonds is 3. The Bertz CT molecular complexity index is 549. The lowest BCUT2D eigenvalue weighted by Crippen LogP contribution is -2.17. The van der Waals surface area contributed by atoms with Crippen LogP contribution in [0.25, 0.3) is 0 Å². The summed E-state index contributed by atoms with van der Waals surface area (Å²) in [7, 11) is 0. The topological polar surface area (TPSA) is 51.8 Å². The van der Waals surface area contributed by atoms with Gasteiger partial charge in [-0.1, -0.05) is 31.2 Å². The normalized spacial score (nSPS) is 12.4. The summed E-state index contributed by atoms with van der Waals surface area (Å²) in [5, 5.41) is 8.35. The number of hydrogen-bond acceptors (Lipinski definition) is 3. The smallest absolute Gasteiger partial charge is 0.0679 e. The van der Waals surface area contributed by atoms with Gasteiger partial charge in [-0.3, -0.25) is 0 Å². The van der Waals surface area contributed by atoms with Crippen LogP contribution in [0.1, 0.15) is 41.0 Å². The van der Waals surface area contributed by atoms with Crippen LogP contribution in [-0.2, 0) is 6.42 Å². The van der Waals surface area contributed by atoms with Gasteiger partial charge < -0.3 is 5.73 Å². The Morgan fingerprint density at radius 3 is 2.50 bits per heavy atom. The Labute approximate surface area is 108 Å². The molecule has 0 aliphatic rings. The largest absolute Gasteiger partial charge is 0.320 e. The van der Waals surface area contributed by atoms with Crippen LogP contribution in [-0.4, -0.2) is 10.2 Å². The molecule has 1 atom stereocenters. The molecule has 0 saturated heterocycles. The van der Waals surface area contributed by atoms with Crippen molar-refractivity contribution in [3.63, 3.8) is 0 Å². The zero-order valence-corrected chi connectivity index (χ0v) is 11.1. The first kappa shape index (κ1) is 12.7. The van der Waals surface area contributed by atoms with Crippen LogP contribution < -0.4 is 5.73 Å². The third-order valence-electron chi connectivity index (χ3n) is 3.22. The summed E-state index contributed by atoms with van der Waals surface area (Å²) in [6.07, 6.45) is 0.849. The van der Waals surface area contributed by atoms with E-state index >= 15 is 0 Å². The summed E-state index contributed by atoms with van der Waals surface area (Å²) in [5.74, 6) is 0. The summed E-state index contributed by atoms with van der Waals surface area (Å²) in [6.45, 7) is 6.11. The van der Waals surface area contributed by atoms with Crippen LogP contribution >= 0.6 is 0 Å². The maximum atomic E-state index is 6.39. The monoisotopic (exact) mass is 241 g/mol. The molecule has 0 fully saturated rings. The van der Waals surface area contributed by atoms with Crippen molar-refractivity contribution in [2.45, 2.75) is 33.2 Å². The summed E-state index contributed by atoms with van der Waals surface area (Å²) < 4.78 is 0. The van der Waals surface area contributed by atoms with Crippen LogP contribution in [0.3, 0.4) is 0 Å². The number of benzene rings is 1. The Balaban J connectivity index is 2.48. The van der Waals surface area contributed by atoms with Gasteiger partial charge in [0, 0.05) is 0 Å². The fourth-order valence-corrected chi connectivity index (χ4v) is 2.18. The van der Waals surface area contributed by atoms with Gasteiger partial charge in [-0.15, -0.1) is 0 Å². The predicted octanol–water partition coefficient (Wildman–Crippen LogP) is 2.70. The van der Waals surface area contributed by atoms with Gasteiger partial charge >= 0.3 is 0 Å². The summed E-state index contributed by atoms with van der Waals surface area (Å²) >= 11 is 0. The molecule has 0 spiro atoms. The van der Waals surface area contributed by atoms with E-state index in [1.54, 1.807) is 0 Å².